The van der Waals surface area contributed by atoms with Gasteiger partial charge in [-0.05, 0) is 68.5 Å². The number of thiazole rings is 1. The fourth-order valence-electron chi connectivity index (χ4n) is 4.06. The number of halogens is 1. The van der Waals surface area contributed by atoms with E-state index in [0.717, 1.165) is 36.9 Å². The first kappa shape index (κ1) is 21.7. The molecular formula is C25H22ClN3O3S. The molecule has 0 atom stereocenters. The van der Waals surface area contributed by atoms with Crippen LogP contribution in [0.15, 0.2) is 53.3 Å². The number of aryl methyl sites for hydroxylation is 3. The van der Waals surface area contributed by atoms with Gasteiger partial charge in [-0.1, -0.05) is 23.7 Å². The van der Waals surface area contributed by atoms with Crippen molar-refractivity contribution in [1.82, 2.24) is 9.38 Å². The number of hydrogen-bond acceptors (Lipinski definition) is 5. The number of amides is 1. The van der Waals surface area contributed by atoms with Gasteiger partial charge < -0.3 is 10.1 Å². The topological polar surface area (TPSA) is 72.7 Å². The highest BCUT2D eigenvalue weighted by molar-refractivity contribution is 7.17. The molecule has 168 valence electrons. The zero-order valence-electron chi connectivity index (χ0n) is 18.1. The number of carbonyl (C=O) groups is 1. The van der Waals surface area contributed by atoms with Gasteiger partial charge in [0.25, 0.3) is 11.5 Å². The molecule has 0 radical (unpaired) electrons. The van der Waals surface area contributed by atoms with Crippen molar-refractivity contribution >= 4 is 39.5 Å². The van der Waals surface area contributed by atoms with Gasteiger partial charge in [0.05, 0.1) is 11.4 Å². The number of anilines is 1. The molecule has 5 rings (SSSR count). The second-order valence-electron chi connectivity index (χ2n) is 8.14. The second-order valence-corrected chi connectivity index (χ2v) is 9.63. The first-order valence-electron chi connectivity index (χ1n) is 10.8. The molecule has 2 aromatic heterocycles. The Kier molecular flexibility index (Phi) is 5.91. The number of rotatable bonds is 5. The molecule has 0 aliphatic heterocycles. The van der Waals surface area contributed by atoms with Crippen molar-refractivity contribution in [2.75, 3.05) is 5.32 Å². The fourth-order valence-corrected chi connectivity index (χ4v) is 5.48. The number of fused-ring (bicyclic) bond motifs is 3. The Balaban J connectivity index is 1.38. The van der Waals surface area contributed by atoms with Crippen molar-refractivity contribution in [2.24, 2.45) is 0 Å². The van der Waals surface area contributed by atoms with Gasteiger partial charge in [0, 0.05) is 27.2 Å². The second kappa shape index (κ2) is 9.00. The van der Waals surface area contributed by atoms with Crippen molar-refractivity contribution in [3.8, 4) is 5.75 Å². The number of benzene rings is 2. The number of hydrogen-bond donors (Lipinski definition) is 1. The molecule has 2 heterocycles. The van der Waals surface area contributed by atoms with Crippen molar-refractivity contribution in [2.45, 2.75) is 39.2 Å². The predicted molar refractivity (Wildman–Crippen MR) is 131 cm³/mol. The molecule has 1 aliphatic rings. The first-order valence-corrected chi connectivity index (χ1v) is 12.0. The van der Waals surface area contributed by atoms with Crippen LogP contribution in [0.25, 0.3) is 4.96 Å². The van der Waals surface area contributed by atoms with E-state index in [-0.39, 0.29) is 18.1 Å². The van der Waals surface area contributed by atoms with Crippen LogP contribution in [0.3, 0.4) is 0 Å². The fraction of sp³-hybridized carbons (Fsp3) is 0.240. The molecule has 0 saturated heterocycles. The number of ether oxygens (including phenoxy) is 1. The summed E-state index contributed by atoms with van der Waals surface area (Å²) >= 11 is 7.61. The van der Waals surface area contributed by atoms with Crippen molar-refractivity contribution in [3.05, 3.63) is 91.3 Å². The van der Waals surface area contributed by atoms with Gasteiger partial charge in [-0.3, -0.25) is 14.0 Å². The molecule has 1 N–H and O–H groups in total. The molecule has 1 amide bonds. The molecular weight excluding hydrogens is 458 g/mol. The third kappa shape index (κ3) is 4.51. The molecule has 8 heteroatoms. The van der Waals surface area contributed by atoms with E-state index >= 15 is 0 Å². The Morgan fingerprint density at radius 2 is 2.03 bits per heavy atom. The number of nitrogens with zero attached hydrogens (tertiary/aromatic N) is 2. The van der Waals surface area contributed by atoms with Crippen molar-refractivity contribution in [3.63, 3.8) is 0 Å². The van der Waals surface area contributed by atoms with Crippen LogP contribution in [-0.4, -0.2) is 15.3 Å². The lowest BCUT2D eigenvalue weighted by atomic mass is 10.0. The third-order valence-corrected chi connectivity index (χ3v) is 7.04. The molecule has 4 aromatic rings. The van der Waals surface area contributed by atoms with Crippen LogP contribution < -0.4 is 15.6 Å². The zero-order chi connectivity index (χ0) is 22.9. The Morgan fingerprint density at radius 1 is 1.18 bits per heavy atom. The molecule has 0 saturated carbocycles. The maximum atomic E-state index is 12.8. The van der Waals surface area contributed by atoms with Crippen LogP contribution in [-0.2, 0) is 19.4 Å². The first-order chi connectivity index (χ1) is 16.0. The average Bonchev–Trinajstić information content (AvgIpc) is 3.17. The Hall–Kier alpha value is -3.16. The van der Waals surface area contributed by atoms with E-state index < -0.39 is 0 Å². The van der Waals surface area contributed by atoms with E-state index in [9.17, 15) is 9.59 Å². The summed E-state index contributed by atoms with van der Waals surface area (Å²) < 4.78 is 7.74. The lowest BCUT2D eigenvalue weighted by Crippen LogP contribution is -2.18. The minimum absolute atomic E-state index is 0.0728. The largest absolute Gasteiger partial charge is 0.485 e. The highest BCUT2D eigenvalue weighted by Crippen LogP contribution is 2.29. The van der Waals surface area contributed by atoms with Crippen LogP contribution in [0.2, 0.25) is 5.02 Å². The van der Waals surface area contributed by atoms with Gasteiger partial charge in [-0.2, -0.15) is 0 Å². The average molecular weight is 480 g/mol. The van der Waals surface area contributed by atoms with Crippen LogP contribution in [0.1, 0.15) is 45.0 Å². The molecule has 6 nitrogen and oxygen atoms in total. The summed E-state index contributed by atoms with van der Waals surface area (Å²) in [5.41, 5.74) is 3.57. The van der Waals surface area contributed by atoms with Gasteiger partial charge in [-0.25, -0.2) is 4.98 Å². The Morgan fingerprint density at radius 3 is 2.88 bits per heavy atom. The maximum absolute atomic E-state index is 12.8. The highest BCUT2D eigenvalue weighted by atomic mass is 35.5. The standard InChI is InChI=1S/C25H22ClN3O3S/c1-15-9-10-21(19(11-15)28-24(31)16-5-4-6-17(26)12-16)32-14-18-13-23(30)29-20-7-2-3-8-22(20)33-25(29)27-18/h4-6,9-13H,2-3,7-8,14H2,1H3,(H,28,31). The van der Waals surface area contributed by atoms with Crippen LogP contribution in [0.4, 0.5) is 5.69 Å². The lowest BCUT2D eigenvalue weighted by molar-refractivity contribution is 0.102. The molecule has 2 aromatic carbocycles. The summed E-state index contributed by atoms with van der Waals surface area (Å²) in [4.78, 5) is 32.2. The number of carbonyl (C=O) groups excluding carboxylic acids is 1. The molecule has 0 bridgehead atoms. The van der Waals surface area contributed by atoms with Crippen molar-refractivity contribution < 1.29 is 9.53 Å². The minimum atomic E-state index is -0.282. The normalized spacial score (nSPS) is 13.0. The SMILES string of the molecule is Cc1ccc(OCc2cc(=O)n3c4c(sc3n2)CCCC4)c(NC(=O)c2cccc(Cl)c2)c1. The molecule has 33 heavy (non-hydrogen) atoms. The molecule has 1 aliphatic carbocycles. The van der Waals surface area contributed by atoms with Gasteiger partial charge in [-0.15, -0.1) is 11.3 Å². The van der Waals surface area contributed by atoms with E-state index in [2.05, 4.69) is 10.3 Å². The van der Waals surface area contributed by atoms with E-state index in [1.807, 2.05) is 19.1 Å². The van der Waals surface area contributed by atoms with E-state index in [1.165, 1.54) is 10.9 Å². The molecule has 0 spiro atoms. The van der Waals surface area contributed by atoms with Gasteiger partial charge >= 0.3 is 0 Å². The molecule has 0 unspecified atom stereocenters. The number of nitrogens with one attached hydrogen (secondary N) is 1. The Bertz CT molecular complexity index is 1430. The number of aromatic nitrogens is 2. The van der Waals surface area contributed by atoms with E-state index in [1.54, 1.807) is 46.1 Å². The van der Waals surface area contributed by atoms with Crippen LogP contribution in [0, 0.1) is 6.92 Å². The monoisotopic (exact) mass is 479 g/mol. The summed E-state index contributed by atoms with van der Waals surface area (Å²) in [6.45, 7) is 2.06. The maximum Gasteiger partial charge on any atom is 0.259 e. The smallest absolute Gasteiger partial charge is 0.259 e. The summed E-state index contributed by atoms with van der Waals surface area (Å²) in [6, 6.07) is 13.8. The van der Waals surface area contributed by atoms with E-state index in [0.29, 0.717) is 32.7 Å². The minimum Gasteiger partial charge on any atom is -0.485 e. The highest BCUT2D eigenvalue weighted by Gasteiger charge is 2.19. The van der Waals surface area contributed by atoms with Gasteiger partial charge in [0.1, 0.15) is 12.4 Å². The van der Waals surface area contributed by atoms with Gasteiger partial charge in [0.2, 0.25) is 0 Å². The molecule has 0 fully saturated rings. The lowest BCUT2D eigenvalue weighted by Gasteiger charge is -2.14. The Labute approximate surface area is 199 Å². The van der Waals surface area contributed by atoms with E-state index in [4.69, 9.17) is 16.3 Å². The summed E-state index contributed by atoms with van der Waals surface area (Å²) in [6.07, 6.45) is 4.19. The predicted octanol–water partition coefficient (Wildman–Crippen LogP) is 5.43. The van der Waals surface area contributed by atoms with Crippen LogP contribution >= 0.6 is 22.9 Å². The van der Waals surface area contributed by atoms with Gasteiger partial charge in [0.15, 0.2) is 4.96 Å². The zero-order valence-corrected chi connectivity index (χ0v) is 19.6. The third-order valence-electron chi connectivity index (χ3n) is 5.66. The quantitative estimate of drug-likeness (QED) is 0.414. The van der Waals surface area contributed by atoms with Crippen molar-refractivity contribution in [1.29, 1.82) is 0 Å². The summed E-state index contributed by atoms with van der Waals surface area (Å²) in [5, 5.41) is 3.39. The van der Waals surface area contributed by atoms with Crippen LogP contribution in [0.5, 0.6) is 5.75 Å². The summed E-state index contributed by atoms with van der Waals surface area (Å²) in [5.74, 6) is 0.221. The summed E-state index contributed by atoms with van der Waals surface area (Å²) in [7, 11) is 0.